The lowest BCUT2D eigenvalue weighted by atomic mass is 10.2. The molecule has 1 aliphatic rings. The van der Waals surface area contributed by atoms with Gasteiger partial charge in [0, 0.05) is 23.6 Å². The van der Waals surface area contributed by atoms with E-state index in [1.165, 1.54) is 9.60 Å². The summed E-state index contributed by atoms with van der Waals surface area (Å²) in [6.45, 7) is 1.46. The Morgan fingerprint density at radius 1 is 1.28 bits per heavy atom. The summed E-state index contributed by atoms with van der Waals surface area (Å²) in [6.07, 6.45) is 2.21. The largest absolute Gasteiger partial charge is 0.321 e. The number of hydrogen-bond acceptors (Lipinski definition) is 3. The van der Waals surface area contributed by atoms with Gasteiger partial charge >= 0.3 is 0 Å². The minimum absolute atomic E-state index is 0.0188. The lowest BCUT2D eigenvalue weighted by Crippen LogP contribution is -3.11. The van der Waals surface area contributed by atoms with Crippen molar-refractivity contribution in [1.29, 1.82) is 0 Å². The molecule has 6 heteroatoms. The van der Waals surface area contributed by atoms with Crippen molar-refractivity contribution in [3.05, 3.63) is 58.6 Å². The minimum atomic E-state index is 0.0188. The number of rotatable bonds is 4. The predicted octanol–water partition coefficient (Wildman–Crippen LogP) is 3.31. The van der Waals surface area contributed by atoms with Gasteiger partial charge in [0.1, 0.15) is 6.04 Å². The molecule has 2 aromatic carbocycles. The van der Waals surface area contributed by atoms with Gasteiger partial charge in [-0.1, -0.05) is 29.8 Å². The Labute approximate surface area is 155 Å². The molecule has 0 radical (unpaired) electrons. The highest BCUT2D eigenvalue weighted by Crippen LogP contribution is 2.28. The summed E-state index contributed by atoms with van der Waals surface area (Å²) in [5.41, 5.74) is 1.80. The first-order valence-corrected chi connectivity index (χ1v) is 9.64. The van der Waals surface area contributed by atoms with E-state index in [9.17, 15) is 4.79 Å². The molecule has 1 saturated heterocycles. The number of benzene rings is 2. The summed E-state index contributed by atoms with van der Waals surface area (Å²) in [6, 6.07) is 15.8. The van der Waals surface area contributed by atoms with Crippen molar-refractivity contribution in [1.82, 2.24) is 4.98 Å². The molecule has 0 saturated carbocycles. The highest BCUT2D eigenvalue weighted by molar-refractivity contribution is 7.18. The molecule has 2 heterocycles. The number of aromatic nitrogens is 1. The van der Waals surface area contributed by atoms with Crippen LogP contribution >= 0.6 is 22.9 Å². The SMILES string of the molecule is O=C(C[NH+]1CCC[C@H]1c1nc2ccccc2s1)Nc1cccc(Cl)c1. The monoisotopic (exact) mass is 372 g/mol. The molecule has 0 aliphatic carbocycles. The van der Waals surface area contributed by atoms with Crippen molar-refractivity contribution in [3.63, 3.8) is 0 Å². The van der Waals surface area contributed by atoms with Crippen LogP contribution in [-0.4, -0.2) is 24.0 Å². The lowest BCUT2D eigenvalue weighted by Gasteiger charge is -2.19. The van der Waals surface area contributed by atoms with E-state index in [1.807, 2.05) is 24.3 Å². The maximum atomic E-state index is 12.4. The van der Waals surface area contributed by atoms with E-state index in [4.69, 9.17) is 16.6 Å². The predicted molar refractivity (Wildman–Crippen MR) is 102 cm³/mol. The first kappa shape index (κ1) is 16.5. The van der Waals surface area contributed by atoms with Crippen LogP contribution in [0, 0.1) is 0 Å². The van der Waals surface area contributed by atoms with Gasteiger partial charge in [-0.2, -0.15) is 0 Å². The number of halogens is 1. The van der Waals surface area contributed by atoms with E-state index in [0.717, 1.165) is 35.6 Å². The number of amides is 1. The molecule has 4 nitrogen and oxygen atoms in total. The van der Waals surface area contributed by atoms with Gasteiger partial charge in [0.2, 0.25) is 0 Å². The Balaban J connectivity index is 1.46. The fourth-order valence-electron chi connectivity index (χ4n) is 3.44. The van der Waals surface area contributed by atoms with E-state index in [2.05, 4.69) is 17.4 Å². The quantitative estimate of drug-likeness (QED) is 0.738. The number of carbonyl (C=O) groups is 1. The van der Waals surface area contributed by atoms with Gasteiger partial charge in [0.15, 0.2) is 11.6 Å². The smallest absolute Gasteiger partial charge is 0.279 e. The van der Waals surface area contributed by atoms with Crippen LogP contribution in [0.3, 0.4) is 0 Å². The summed E-state index contributed by atoms with van der Waals surface area (Å²) in [7, 11) is 0. The molecule has 0 bridgehead atoms. The topological polar surface area (TPSA) is 46.4 Å². The summed E-state index contributed by atoms with van der Waals surface area (Å²) >= 11 is 7.73. The van der Waals surface area contributed by atoms with Gasteiger partial charge in [0.05, 0.1) is 16.8 Å². The molecule has 2 atom stereocenters. The van der Waals surface area contributed by atoms with Gasteiger partial charge in [-0.15, -0.1) is 11.3 Å². The number of hydrogen-bond donors (Lipinski definition) is 2. The van der Waals surface area contributed by atoms with Crippen LogP contribution in [0.25, 0.3) is 10.2 Å². The first-order chi connectivity index (χ1) is 12.2. The van der Waals surface area contributed by atoms with Crippen LogP contribution < -0.4 is 10.2 Å². The van der Waals surface area contributed by atoms with Crippen LogP contribution in [0.1, 0.15) is 23.9 Å². The number of nitrogens with zero attached hydrogens (tertiary/aromatic N) is 1. The molecule has 0 spiro atoms. The van der Waals surface area contributed by atoms with Crippen molar-refractivity contribution in [3.8, 4) is 0 Å². The average molecular weight is 373 g/mol. The molecule has 1 aliphatic heterocycles. The second kappa shape index (κ2) is 7.12. The molecule has 1 aromatic heterocycles. The van der Waals surface area contributed by atoms with Crippen molar-refractivity contribution in [2.45, 2.75) is 18.9 Å². The normalized spacial score (nSPS) is 20.0. The number of anilines is 1. The number of likely N-dealkylation sites (tertiary alicyclic amines) is 1. The average Bonchev–Trinajstić information content (AvgIpc) is 3.20. The molecule has 1 unspecified atom stereocenters. The molecule has 1 fully saturated rings. The Bertz CT molecular complexity index is 877. The number of para-hydroxylation sites is 1. The Hall–Kier alpha value is -1.95. The zero-order valence-electron chi connectivity index (χ0n) is 13.7. The molecule has 4 rings (SSSR count). The highest BCUT2D eigenvalue weighted by atomic mass is 35.5. The van der Waals surface area contributed by atoms with Crippen LogP contribution in [-0.2, 0) is 4.79 Å². The third-order valence-corrected chi connectivity index (χ3v) is 5.97. The number of carbonyl (C=O) groups excluding carboxylic acids is 1. The van der Waals surface area contributed by atoms with Gasteiger partial charge in [-0.25, -0.2) is 4.98 Å². The van der Waals surface area contributed by atoms with Crippen LogP contribution in [0.2, 0.25) is 5.02 Å². The second-order valence-corrected chi connectivity index (χ2v) is 7.86. The molecule has 2 N–H and O–H groups in total. The van der Waals surface area contributed by atoms with Gasteiger partial charge in [-0.3, -0.25) is 4.79 Å². The first-order valence-electron chi connectivity index (χ1n) is 8.44. The standard InChI is InChI=1S/C19H18ClN3OS/c20-13-5-3-6-14(11-13)21-18(24)12-23-10-4-8-16(23)19-22-15-7-1-2-9-17(15)25-19/h1-3,5-7,9,11,16H,4,8,10,12H2,(H,21,24)/p+1/t16-/m0/s1. The van der Waals surface area contributed by atoms with E-state index >= 15 is 0 Å². The maximum Gasteiger partial charge on any atom is 0.279 e. The van der Waals surface area contributed by atoms with Gasteiger partial charge in [-0.05, 0) is 30.3 Å². The van der Waals surface area contributed by atoms with E-state index in [1.54, 1.807) is 23.5 Å². The van der Waals surface area contributed by atoms with Gasteiger partial charge < -0.3 is 10.2 Å². The summed E-state index contributed by atoms with van der Waals surface area (Å²) in [4.78, 5) is 18.5. The molecular weight excluding hydrogens is 354 g/mol. The van der Waals surface area contributed by atoms with Crippen molar-refractivity contribution in [2.24, 2.45) is 0 Å². The summed E-state index contributed by atoms with van der Waals surface area (Å²) in [5, 5.41) is 4.71. The van der Waals surface area contributed by atoms with Gasteiger partial charge in [0.25, 0.3) is 5.91 Å². The number of quaternary nitrogens is 1. The second-order valence-electron chi connectivity index (χ2n) is 6.36. The fourth-order valence-corrected chi connectivity index (χ4v) is 4.79. The zero-order chi connectivity index (χ0) is 17.2. The van der Waals surface area contributed by atoms with Crippen molar-refractivity contribution < 1.29 is 9.69 Å². The molecule has 3 aromatic rings. The summed E-state index contributed by atoms with van der Waals surface area (Å²) in [5.74, 6) is 0.0188. The number of fused-ring (bicyclic) bond motifs is 1. The fraction of sp³-hybridized carbons (Fsp3) is 0.263. The van der Waals surface area contributed by atoms with Crippen LogP contribution in [0.5, 0.6) is 0 Å². The summed E-state index contributed by atoms with van der Waals surface area (Å²) < 4.78 is 1.21. The Kier molecular flexibility index (Phi) is 4.70. The van der Waals surface area contributed by atoms with Crippen molar-refractivity contribution >= 4 is 44.7 Å². The molecule has 25 heavy (non-hydrogen) atoms. The maximum absolute atomic E-state index is 12.4. The number of nitrogens with one attached hydrogen (secondary N) is 2. The number of thiazole rings is 1. The van der Waals surface area contributed by atoms with E-state index in [0.29, 0.717) is 17.6 Å². The lowest BCUT2D eigenvalue weighted by molar-refractivity contribution is -0.910. The van der Waals surface area contributed by atoms with Crippen LogP contribution in [0.15, 0.2) is 48.5 Å². The molecular formula is C19H19ClN3OS+. The van der Waals surface area contributed by atoms with Crippen molar-refractivity contribution in [2.75, 3.05) is 18.4 Å². The van der Waals surface area contributed by atoms with E-state index < -0.39 is 0 Å². The Morgan fingerprint density at radius 3 is 3.00 bits per heavy atom. The Morgan fingerprint density at radius 2 is 2.16 bits per heavy atom. The minimum Gasteiger partial charge on any atom is -0.321 e. The van der Waals surface area contributed by atoms with Crippen LogP contribution in [0.4, 0.5) is 5.69 Å². The zero-order valence-corrected chi connectivity index (χ0v) is 15.2. The third-order valence-electron chi connectivity index (χ3n) is 4.59. The van der Waals surface area contributed by atoms with E-state index in [-0.39, 0.29) is 5.91 Å². The third kappa shape index (κ3) is 3.68. The molecule has 128 valence electrons. The molecule has 1 amide bonds. The highest BCUT2D eigenvalue weighted by Gasteiger charge is 2.33.